The van der Waals surface area contributed by atoms with Gasteiger partial charge in [-0.3, -0.25) is 9.59 Å². The monoisotopic (exact) mass is 346 g/mol. The lowest BCUT2D eigenvalue weighted by atomic mass is 9.99. The van der Waals surface area contributed by atoms with Crippen LogP contribution >= 0.6 is 0 Å². The summed E-state index contributed by atoms with van der Waals surface area (Å²) in [6.45, 7) is 3.86. The average Bonchev–Trinajstić information content (AvgIpc) is 2.64. The van der Waals surface area contributed by atoms with E-state index in [0.29, 0.717) is 0 Å². The van der Waals surface area contributed by atoms with Crippen LogP contribution in [0.5, 0.6) is 0 Å². The zero-order valence-corrected chi connectivity index (χ0v) is 15.0. The van der Waals surface area contributed by atoms with Gasteiger partial charge in [0.25, 0.3) is 0 Å². The molecule has 0 saturated carbocycles. The van der Waals surface area contributed by atoms with E-state index in [-0.39, 0.29) is 23.9 Å². The Hall–Kier alpha value is -3.14. The Labute approximate surface area is 153 Å². The number of rotatable bonds is 5. The highest BCUT2D eigenvalue weighted by Gasteiger charge is 2.17. The largest absolute Gasteiger partial charge is 0.344 e. The number of amides is 1. The molecule has 4 heteroatoms. The van der Waals surface area contributed by atoms with Crippen molar-refractivity contribution in [2.24, 2.45) is 0 Å². The molecule has 0 fully saturated rings. The molecule has 3 rings (SSSR count). The minimum absolute atomic E-state index is 0.0388. The Morgan fingerprint density at radius 2 is 1.35 bits per heavy atom. The van der Waals surface area contributed by atoms with Gasteiger partial charge < -0.3 is 9.88 Å². The van der Waals surface area contributed by atoms with Crippen LogP contribution in [0, 0.1) is 13.8 Å². The second kappa shape index (κ2) is 7.83. The van der Waals surface area contributed by atoms with Gasteiger partial charge in [-0.25, -0.2) is 0 Å². The quantitative estimate of drug-likeness (QED) is 0.770. The number of hydrogen-bond acceptors (Lipinski definition) is 2. The predicted molar refractivity (Wildman–Crippen MR) is 103 cm³/mol. The molecule has 3 aromatic rings. The van der Waals surface area contributed by atoms with Gasteiger partial charge in [0.1, 0.15) is 6.54 Å². The maximum atomic E-state index is 12.7. The van der Waals surface area contributed by atoms with Crippen LogP contribution < -0.4 is 10.7 Å². The molecule has 1 heterocycles. The summed E-state index contributed by atoms with van der Waals surface area (Å²) in [6.07, 6.45) is 0. The zero-order chi connectivity index (χ0) is 18.5. The number of pyridine rings is 1. The van der Waals surface area contributed by atoms with Gasteiger partial charge >= 0.3 is 0 Å². The van der Waals surface area contributed by atoms with E-state index in [0.717, 1.165) is 22.5 Å². The SMILES string of the molecule is Cc1cc(=O)cc(C)n1CC(=O)NC(c1ccccc1)c1ccccc1. The molecule has 0 saturated heterocycles. The molecular formula is C22H22N2O2. The van der Waals surface area contributed by atoms with Crippen LogP contribution in [0.4, 0.5) is 0 Å². The Bertz CT molecular complexity index is 881. The van der Waals surface area contributed by atoms with Crippen molar-refractivity contribution < 1.29 is 4.79 Å². The Morgan fingerprint density at radius 1 is 0.885 bits per heavy atom. The lowest BCUT2D eigenvalue weighted by molar-refractivity contribution is -0.122. The van der Waals surface area contributed by atoms with Gasteiger partial charge in [0.2, 0.25) is 5.91 Å². The van der Waals surface area contributed by atoms with Crippen molar-refractivity contribution in [2.75, 3.05) is 0 Å². The van der Waals surface area contributed by atoms with Crippen molar-refractivity contribution >= 4 is 5.91 Å². The van der Waals surface area contributed by atoms with Crippen molar-refractivity contribution in [3.63, 3.8) is 0 Å². The normalized spacial score (nSPS) is 10.7. The summed E-state index contributed by atoms with van der Waals surface area (Å²) in [5.41, 5.74) is 3.58. The van der Waals surface area contributed by atoms with Gasteiger partial charge in [0.15, 0.2) is 5.43 Å². The first kappa shape index (κ1) is 17.7. The van der Waals surface area contributed by atoms with Gasteiger partial charge in [-0.15, -0.1) is 0 Å². The molecule has 0 aliphatic rings. The van der Waals surface area contributed by atoms with Crippen molar-refractivity contribution in [3.05, 3.63) is 106 Å². The summed E-state index contributed by atoms with van der Waals surface area (Å²) in [7, 11) is 0. The lowest BCUT2D eigenvalue weighted by Gasteiger charge is -2.21. The molecule has 132 valence electrons. The number of carbonyl (C=O) groups is 1. The summed E-state index contributed by atoms with van der Waals surface area (Å²) < 4.78 is 1.85. The van der Waals surface area contributed by atoms with Crippen LogP contribution in [0.2, 0.25) is 0 Å². The molecule has 1 N–H and O–H groups in total. The average molecular weight is 346 g/mol. The van der Waals surface area contributed by atoms with Crippen LogP contribution in [0.3, 0.4) is 0 Å². The van der Waals surface area contributed by atoms with Crippen LogP contribution in [-0.4, -0.2) is 10.5 Å². The molecule has 0 bridgehead atoms. The predicted octanol–water partition coefficient (Wildman–Crippen LogP) is 3.37. The maximum Gasteiger partial charge on any atom is 0.240 e. The summed E-state index contributed by atoms with van der Waals surface area (Å²) in [6, 6.07) is 22.7. The molecule has 0 spiro atoms. The van der Waals surface area contributed by atoms with Gasteiger partial charge in [0.05, 0.1) is 6.04 Å². The highest BCUT2D eigenvalue weighted by atomic mass is 16.2. The number of nitrogens with zero attached hydrogens (tertiary/aromatic N) is 1. The molecule has 0 aliphatic carbocycles. The Kier molecular flexibility index (Phi) is 5.32. The number of nitrogens with one attached hydrogen (secondary N) is 1. The van der Waals surface area contributed by atoms with Crippen LogP contribution in [0.25, 0.3) is 0 Å². The van der Waals surface area contributed by atoms with Crippen molar-refractivity contribution in [1.82, 2.24) is 9.88 Å². The first-order chi connectivity index (χ1) is 12.5. The number of aryl methyl sites for hydroxylation is 2. The van der Waals surface area contributed by atoms with E-state index in [2.05, 4.69) is 5.32 Å². The highest BCUT2D eigenvalue weighted by molar-refractivity contribution is 5.77. The van der Waals surface area contributed by atoms with Gasteiger partial charge in [-0.2, -0.15) is 0 Å². The van der Waals surface area contributed by atoms with Gasteiger partial charge in [0, 0.05) is 23.5 Å². The molecule has 0 atom stereocenters. The van der Waals surface area contributed by atoms with E-state index in [1.165, 1.54) is 0 Å². The third-order valence-corrected chi connectivity index (χ3v) is 4.43. The number of carbonyl (C=O) groups excluding carboxylic acids is 1. The van der Waals surface area contributed by atoms with E-state index in [1.54, 1.807) is 12.1 Å². The standard InChI is InChI=1S/C22H22N2O2/c1-16-13-20(25)14-17(2)24(16)15-21(26)23-22(18-9-5-3-6-10-18)19-11-7-4-8-12-19/h3-14,22H,15H2,1-2H3,(H,23,26). The third-order valence-electron chi connectivity index (χ3n) is 4.43. The lowest BCUT2D eigenvalue weighted by Crippen LogP contribution is -2.33. The van der Waals surface area contributed by atoms with Gasteiger partial charge in [-0.1, -0.05) is 60.7 Å². The summed E-state index contributed by atoms with van der Waals surface area (Å²) in [4.78, 5) is 24.3. The van der Waals surface area contributed by atoms with E-state index in [9.17, 15) is 9.59 Å². The van der Waals surface area contributed by atoms with E-state index in [1.807, 2.05) is 79.1 Å². The molecule has 2 aromatic carbocycles. The summed E-state index contributed by atoms with van der Waals surface area (Å²) in [5, 5.41) is 3.13. The Morgan fingerprint density at radius 3 is 1.81 bits per heavy atom. The maximum absolute atomic E-state index is 12.7. The molecule has 0 aliphatic heterocycles. The molecule has 0 unspecified atom stereocenters. The first-order valence-electron chi connectivity index (χ1n) is 8.62. The molecule has 4 nitrogen and oxygen atoms in total. The fourth-order valence-electron chi connectivity index (χ4n) is 3.14. The van der Waals surface area contributed by atoms with Crippen LogP contribution in [0.1, 0.15) is 28.6 Å². The molecular weight excluding hydrogens is 324 g/mol. The molecule has 1 amide bonds. The van der Waals surface area contributed by atoms with E-state index >= 15 is 0 Å². The first-order valence-corrected chi connectivity index (χ1v) is 8.62. The molecule has 0 radical (unpaired) electrons. The fourth-order valence-corrected chi connectivity index (χ4v) is 3.14. The van der Waals surface area contributed by atoms with Gasteiger partial charge in [-0.05, 0) is 25.0 Å². The number of benzene rings is 2. The third kappa shape index (κ3) is 4.09. The summed E-state index contributed by atoms with van der Waals surface area (Å²) >= 11 is 0. The van der Waals surface area contributed by atoms with Crippen LogP contribution in [0.15, 0.2) is 77.6 Å². The van der Waals surface area contributed by atoms with E-state index < -0.39 is 0 Å². The van der Waals surface area contributed by atoms with Crippen molar-refractivity contribution in [3.8, 4) is 0 Å². The summed E-state index contributed by atoms with van der Waals surface area (Å²) in [5.74, 6) is -0.0995. The smallest absolute Gasteiger partial charge is 0.240 e. The second-order valence-electron chi connectivity index (χ2n) is 6.38. The van der Waals surface area contributed by atoms with Crippen LogP contribution in [-0.2, 0) is 11.3 Å². The fraction of sp³-hybridized carbons (Fsp3) is 0.182. The topological polar surface area (TPSA) is 51.1 Å². The molecule has 26 heavy (non-hydrogen) atoms. The van der Waals surface area contributed by atoms with Crippen molar-refractivity contribution in [2.45, 2.75) is 26.4 Å². The zero-order valence-electron chi connectivity index (χ0n) is 15.0. The van der Waals surface area contributed by atoms with E-state index in [4.69, 9.17) is 0 Å². The highest BCUT2D eigenvalue weighted by Crippen LogP contribution is 2.21. The number of aromatic nitrogens is 1. The number of hydrogen-bond donors (Lipinski definition) is 1. The molecule has 1 aromatic heterocycles. The Balaban J connectivity index is 1.86. The second-order valence-corrected chi connectivity index (χ2v) is 6.38. The minimum Gasteiger partial charge on any atom is -0.344 e. The van der Waals surface area contributed by atoms with Crippen molar-refractivity contribution in [1.29, 1.82) is 0 Å². The minimum atomic E-state index is -0.218.